The van der Waals surface area contributed by atoms with E-state index in [1.165, 1.54) is 16.4 Å². The maximum absolute atomic E-state index is 13.0. The largest absolute Gasteiger partial charge is 0.308 e. The van der Waals surface area contributed by atoms with Crippen LogP contribution in [0, 0.1) is 11.3 Å². The molecule has 0 atom stereocenters. The van der Waals surface area contributed by atoms with Gasteiger partial charge in [0.1, 0.15) is 0 Å². The normalized spacial score (nSPS) is 11.2. The van der Waals surface area contributed by atoms with Crippen LogP contribution in [0.25, 0.3) is 0 Å². The zero-order chi connectivity index (χ0) is 17.6. The van der Waals surface area contributed by atoms with Crippen molar-refractivity contribution in [3.05, 3.63) is 65.7 Å². The lowest BCUT2D eigenvalue weighted by Crippen LogP contribution is -2.36. The topological polar surface area (TPSA) is 64.4 Å². The lowest BCUT2D eigenvalue weighted by atomic mass is 10.2. The van der Waals surface area contributed by atoms with Gasteiger partial charge in [-0.3, -0.25) is 0 Å². The first-order chi connectivity index (χ1) is 11.4. The fourth-order valence-electron chi connectivity index (χ4n) is 2.26. The number of sulfonamides is 1. The van der Waals surface area contributed by atoms with Crippen LogP contribution in [0.4, 0.5) is 0 Å². The number of rotatable bonds is 7. The summed E-state index contributed by atoms with van der Waals surface area (Å²) in [5, 5.41) is 9.01. The van der Waals surface area contributed by atoms with Crippen molar-refractivity contribution in [2.75, 3.05) is 27.2 Å². The first kappa shape index (κ1) is 21.1. The highest BCUT2D eigenvalue weighted by atomic mass is 35.5. The number of benzene rings is 2. The molecular weight excluding hydrogens is 358 g/mol. The fraction of sp³-hybridized carbons (Fsp3) is 0.278. The Kier molecular flexibility index (Phi) is 8.07. The quantitative estimate of drug-likeness (QED) is 0.742. The van der Waals surface area contributed by atoms with Crippen molar-refractivity contribution >= 4 is 22.4 Å². The van der Waals surface area contributed by atoms with E-state index in [2.05, 4.69) is 0 Å². The van der Waals surface area contributed by atoms with Gasteiger partial charge in [-0.2, -0.15) is 9.57 Å². The third-order valence-electron chi connectivity index (χ3n) is 3.60. The van der Waals surface area contributed by atoms with Crippen LogP contribution in [0.15, 0.2) is 59.5 Å². The Hall–Kier alpha value is -1.91. The molecule has 0 N–H and O–H groups in total. The standard InChI is InChI=1S/C18H21N3O2S.ClH/c1-20(2)11-12-21(15-16-7-4-3-5-8-16)24(22,23)18-10-6-9-17(13-18)14-19;/h3-10,13H,11-12,15H2,1-2H3;1H. The second kappa shape index (κ2) is 9.54. The summed E-state index contributed by atoms with van der Waals surface area (Å²) in [5.41, 5.74) is 1.26. The molecule has 0 aliphatic carbocycles. The van der Waals surface area contributed by atoms with Crippen molar-refractivity contribution in [2.45, 2.75) is 11.4 Å². The predicted octanol–water partition coefficient (Wildman–Crippen LogP) is 2.73. The summed E-state index contributed by atoms with van der Waals surface area (Å²) in [4.78, 5) is 2.09. The number of hydrogen-bond acceptors (Lipinski definition) is 4. The molecule has 25 heavy (non-hydrogen) atoms. The molecule has 0 unspecified atom stereocenters. The van der Waals surface area contributed by atoms with Crippen LogP contribution in [-0.2, 0) is 16.6 Å². The summed E-state index contributed by atoms with van der Waals surface area (Å²) in [7, 11) is 0.141. The molecule has 0 bridgehead atoms. The van der Waals surface area contributed by atoms with Gasteiger partial charge in [0.15, 0.2) is 0 Å². The van der Waals surface area contributed by atoms with E-state index in [1.54, 1.807) is 12.1 Å². The Bertz CT molecular complexity index is 818. The molecule has 0 amide bonds. The van der Waals surface area contributed by atoms with E-state index >= 15 is 0 Å². The van der Waals surface area contributed by atoms with Crippen LogP contribution in [-0.4, -0.2) is 44.8 Å². The van der Waals surface area contributed by atoms with E-state index in [1.807, 2.05) is 55.4 Å². The third kappa shape index (κ3) is 5.83. The van der Waals surface area contributed by atoms with E-state index in [0.29, 0.717) is 25.2 Å². The molecule has 0 spiro atoms. The van der Waals surface area contributed by atoms with Crippen molar-refractivity contribution in [3.63, 3.8) is 0 Å². The van der Waals surface area contributed by atoms with Gasteiger partial charge in [0.25, 0.3) is 0 Å². The lowest BCUT2D eigenvalue weighted by molar-refractivity contribution is 0.329. The molecule has 0 aromatic heterocycles. The average molecular weight is 380 g/mol. The minimum Gasteiger partial charge on any atom is -0.308 e. The number of likely N-dealkylation sites (N-methyl/N-ethyl adjacent to an activating group) is 1. The first-order valence-corrected chi connectivity index (χ1v) is 9.06. The van der Waals surface area contributed by atoms with Gasteiger partial charge in [-0.1, -0.05) is 36.4 Å². The highest BCUT2D eigenvalue weighted by molar-refractivity contribution is 7.89. The number of hydrogen-bond donors (Lipinski definition) is 0. The molecule has 0 fully saturated rings. The molecule has 2 aromatic rings. The molecule has 7 heteroatoms. The molecule has 0 aliphatic heterocycles. The second-order valence-electron chi connectivity index (χ2n) is 5.77. The molecule has 2 rings (SSSR count). The minimum absolute atomic E-state index is 0. The first-order valence-electron chi connectivity index (χ1n) is 7.62. The molecule has 2 aromatic carbocycles. The van der Waals surface area contributed by atoms with Crippen LogP contribution in [0.1, 0.15) is 11.1 Å². The smallest absolute Gasteiger partial charge is 0.243 e. The monoisotopic (exact) mass is 379 g/mol. The van der Waals surface area contributed by atoms with E-state index in [4.69, 9.17) is 5.26 Å². The van der Waals surface area contributed by atoms with Gasteiger partial charge in [-0.15, -0.1) is 12.4 Å². The lowest BCUT2D eigenvalue weighted by Gasteiger charge is -2.24. The molecule has 0 aliphatic rings. The highest BCUT2D eigenvalue weighted by Gasteiger charge is 2.24. The number of nitriles is 1. The Morgan fingerprint density at radius 1 is 1.00 bits per heavy atom. The van der Waals surface area contributed by atoms with E-state index in [9.17, 15) is 8.42 Å². The molecule has 0 saturated carbocycles. The minimum atomic E-state index is -3.67. The van der Waals surface area contributed by atoms with E-state index in [-0.39, 0.29) is 17.3 Å². The summed E-state index contributed by atoms with van der Waals surface area (Å²) in [6, 6.07) is 17.6. The van der Waals surface area contributed by atoms with Crippen molar-refractivity contribution in [1.82, 2.24) is 9.21 Å². The van der Waals surface area contributed by atoms with Gasteiger partial charge in [-0.25, -0.2) is 8.42 Å². The Morgan fingerprint density at radius 2 is 1.68 bits per heavy atom. The van der Waals surface area contributed by atoms with Gasteiger partial charge >= 0.3 is 0 Å². The molecule has 0 heterocycles. The molecule has 0 radical (unpaired) electrons. The highest BCUT2D eigenvalue weighted by Crippen LogP contribution is 2.19. The third-order valence-corrected chi connectivity index (χ3v) is 5.44. The second-order valence-corrected chi connectivity index (χ2v) is 7.71. The van der Waals surface area contributed by atoms with Crippen molar-refractivity contribution < 1.29 is 8.42 Å². The van der Waals surface area contributed by atoms with Gasteiger partial charge in [-0.05, 0) is 37.9 Å². The van der Waals surface area contributed by atoms with Gasteiger partial charge in [0.2, 0.25) is 10.0 Å². The van der Waals surface area contributed by atoms with Crippen LogP contribution in [0.2, 0.25) is 0 Å². The fourth-order valence-corrected chi connectivity index (χ4v) is 3.72. The van der Waals surface area contributed by atoms with Crippen molar-refractivity contribution in [2.24, 2.45) is 0 Å². The Labute approximate surface area is 156 Å². The average Bonchev–Trinajstić information content (AvgIpc) is 2.59. The predicted molar refractivity (Wildman–Crippen MR) is 101 cm³/mol. The number of halogens is 1. The SMILES string of the molecule is CN(C)CCN(Cc1ccccc1)S(=O)(=O)c1cccc(C#N)c1.Cl. The number of nitrogens with zero attached hydrogens (tertiary/aromatic N) is 3. The maximum Gasteiger partial charge on any atom is 0.243 e. The van der Waals surface area contributed by atoms with Crippen molar-refractivity contribution in [3.8, 4) is 6.07 Å². The zero-order valence-electron chi connectivity index (χ0n) is 14.3. The summed E-state index contributed by atoms with van der Waals surface area (Å²) < 4.78 is 27.5. The van der Waals surface area contributed by atoms with Gasteiger partial charge in [0, 0.05) is 19.6 Å². The molecule has 0 saturated heterocycles. The Morgan fingerprint density at radius 3 is 2.28 bits per heavy atom. The van der Waals surface area contributed by atoms with Crippen molar-refractivity contribution in [1.29, 1.82) is 5.26 Å². The van der Waals surface area contributed by atoms with E-state index in [0.717, 1.165) is 5.56 Å². The van der Waals surface area contributed by atoms with Crippen LogP contribution < -0.4 is 0 Å². The maximum atomic E-state index is 13.0. The molecular formula is C18H22ClN3O2S. The van der Waals surface area contributed by atoms with Gasteiger partial charge < -0.3 is 4.90 Å². The summed E-state index contributed by atoms with van der Waals surface area (Å²) in [6.45, 7) is 1.29. The Balaban J connectivity index is 0.00000312. The summed E-state index contributed by atoms with van der Waals surface area (Å²) in [6.07, 6.45) is 0. The molecule has 5 nitrogen and oxygen atoms in total. The summed E-state index contributed by atoms with van der Waals surface area (Å²) >= 11 is 0. The van der Waals surface area contributed by atoms with Crippen LogP contribution in [0.3, 0.4) is 0 Å². The molecule has 134 valence electrons. The van der Waals surface area contributed by atoms with Crippen LogP contribution >= 0.6 is 12.4 Å². The summed E-state index contributed by atoms with van der Waals surface area (Å²) in [5.74, 6) is 0. The van der Waals surface area contributed by atoms with Crippen LogP contribution in [0.5, 0.6) is 0 Å². The van der Waals surface area contributed by atoms with E-state index < -0.39 is 10.0 Å². The van der Waals surface area contributed by atoms with Gasteiger partial charge in [0.05, 0.1) is 16.5 Å². The zero-order valence-corrected chi connectivity index (χ0v) is 15.9.